The topological polar surface area (TPSA) is 121 Å². The number of carbonyl (C=O) groups is 3. The molecule has 0 radical (unpaired) electrons. The van der Waals surface area contributed by atoms with Crippen LogP contribution < -0.4 is 0 Å². The summed E-state index contributed by atoms with van der Waals surface area (Å²) in [5, 5.41) is 11.1. The van der Waals surface area contributed by atoms with E-state index in [4.69, 9.17) is 23.7 Å². The summed E-state index contributed by atoms with van der Waals surface area (Å²) >= 11 is 0. The van der Waals surface area contributed by atoms with Crippen LogP contribution in [0.15, 0.2) is 35.6 Å². The third kappa shape index (κ3) is 4.02. The number of fused-ring (bicyclic) bond motifs is 2. The van der Waals surface area contributed by atoms with E-state index in [0.717, 1.165) is 5.57 Å². The molecule has 0 aromatic rings. The quantitative estimate of drug-likeness (QED) is 0.282. The fraction of sp³-hybridized carbons (Fsp3) is 0.625. The third-order valence-electron chi connectivity index (χ3n) is 6.69. The number of allylic oxidation sites excluding steroid dienone is 2. The zero-order chi connectivity index (χ0) is 24.2. The van der Waals surface area contributed by atoms with Crippen LogP contribution in [0.4, 0.5) is 0 Å². The zero-order valence-corrected chi connectivity index (χ0v) is 19.3. The van der Waals surface area contributed by atoms with Crippen molar-refractivity contribution in [3.05, 3.63) is 35.6 Å². The molecule has 4 rings (SSSR count). The van der Waals surface area contributed by atoms with Gasteiger partial charge in [-0.1, -0.05) is 12.2 Å². The summed E-state index contributed by atoms with van der Waals surface area (Å²) in [4.78, 5) is 36.8. The number of ether oxygens (including phenoxy) is 5. The number of hydrogen-bond donors (Lipinski definition) is 1. The van der Waals surface area contributed by atoms with Crippen molar-refractivity contribution < 1.29 is 43.2 Å². The molecule has 2 saturated heterocycles. The maximum absolute atomic E-state index is 12.9. The maximum Gasteiger partial charge on any atom is 0.345 e. The molecule has 4 aliphatic heterocycles. The summed E-state index contributed by atoms with van der Waals surface area (Å²) in [6.07, 6.45) is 1.76. The first kappa shape index (κ1) is 23.7. The largest absolute Gasteiger partial charge is 0.459 e. The van der Waals surface area contributed by atoms with Crippen molar-refractivity contribution in [2.24, 2.45) is 5.92 Å². The molecule has 9 heteroatoms. The molecule has 1 N–H and O–H groups in total. The van der Waals surface area contributed by atoms with Gasteiger partial charge in [0.25, 0.3) is 0 Å². The number of epoxide rings is 1. The molecule has 7 atom stereocenters. The zero-order valence-electron chi connectivity index (χ0n) is 19.3. The van der Waals surface area contributed by atoms with Crippen LogP contribution in [-0.4, -0.2) is 65.2 Å². The fourth-order valence-corrected chi connectivity index (χ4v) is 5.15. The van der Waals surface area contributed by atoms with Crippen molar-refractivity contribution >= 4 is 18.2 Å². The smallest absolute Gasteiger partial charge is 0.345 e. The van der Waals surface area contributed by atoms with Crippen LogP contribution in [0.3, 0.4) is 0 Å². The molecule has 4 bridgehead atoms. The lowest BCUT2D eigenvalue weighted by atomic mass is 9.81. The minimum Gasteiger partial charge on any atom is -0.459 e. The van der Waals surface area contributed by atoms with Crippen LogP contribution in [0, 0.1) is 5.92 Å². The summed E-state index contributed by atoms with van der Waals surface area (Å²) in [7, 11) is 0. The van der Waals surface area contributed by atoms with E-state index >= 15 is 0 Å². The molecule has 0 aromatic heterocycles. The molecule has 0 aliphatic carbocycles. The van der Waals surface area contributed by atoms with E-state index in [1.807, 2.05) is 6.92 Å². The van der Waals surface area contributed by atoms with Gasteiger partial charge < -0.3 is 28.8 Å². The molecule has 9 nitrogen and oxygen atoms in total. The second-order valence-corrected chi connectivity index (χ2v) is 9.47. The molecule has 4 aliphatic rings. The van der Waals surface area contributed by atoms with E-state index < -0.39 is 47.2 Å². The van der Waals surface area contributed by atoms with Gasteiger partial charge in [0.2, 0.25) is 11.4 Å². The van der Waals surface area contributed by atoms with E-state index in [1.165, 1.54) is 13.0 Å². The van der Waals surface area contributed by atoms with Crippen molar-refractivity contribution in [2.45, 2.75) is 82.3 Å². The minimum atomic E-state index is -1.45. The third-order valence-corrected chi connectivity index (χ3v) is 6.69. The first-order chi connectivity index (χ1) is 15.5. The normalized spacial score (nSPS) is 43.2. The molecule has 2 fully saturated rings. The van der Waals surface area contributed by atoms with Gasteiger partial charge in [0.1, 0.15) is 24.1 Å². The van der Waals surface area contributed by atoms with Gasteiger partial charge in [-0.2, -0.15) is 0 Å². The van der Waals surface area contributed by atoms with Gasteiger partial charge in [-0.05, 0) is 45.3 Å². The van der Waals surface area contributed by atoms with Gasteiger partial charge >= 0.3 is 11.9 Å². The first-order valence-electron chi connectivity index (χ1n) is 11.1. The van der Waals surface area contributed by atoms with E-state index in [0.29, 0.717) is 6.29 Å². The first-order valence-corrected chi connectivity index (χ1v) is 11.1. The van der Waals surface area contributed by atoms with E-state index in [1.54, 1.807) is 19.9 Å². The van der Waals surface area contributed by atoms with Gasteiger partial charge in [-0.25, -0.2) is 4.79 Å². The Morgan fingerprint density at radius 3 is 2.67 bits per heavy atom. The molecule has 180 valence electrons. The highest BCUT2D eigenvalue weighted by Gasteiger charge is 2.78. The molecular formula is C24H30O9. The molecular weight excluding hydrogens is 432 g/mol. The molecule has 0 spiro atoms. The summed E-state index contributed by atoms with van der Waals surface area (Å²) in [5.41, 5.74) is -1.87. The molecule has 0 saturated carbocycles. The fourth-order valence-electron chi connectivity index (χ4n) is 5.15. The van der Waals surface area contributed by atoms with Crippen molar-refractivity contribution in [2.75, 3.05) is 6.61 Å². The Labute approximate surface area is 192 Å². The number of esters is 2. The SMILES string of the molecule is C=C(C)[C@H]1C[C@H](OC(C)=O)[C@@]23O[C@@H]2[C@@H](C[C@](C)(O)/C=C2/C=C(C=O)C(OCC)(C1)O2)OC3=O. The second kappa shape index (κ2) is 8.07. The predicted molar refractivity (Wildman–Crippen MR) is 113 cm³/mol. The average Bonchev–Trinajstić information content (AvgIpc) is 3.30. The Morgan fingerprint density at radius 1 is 1.36 bits per heavy atom. The Morgan fingerprint density at radius 2 is 2.09 bits per heavy atom. The van der Waals surface area contributed by atoms with Crippen molar-refractivity contribution in [1.82, 2.24) is 0 Å². The van der Waals surface area contributed by atoms with Crippen LogP contribution >= 0.6 is 0 Å². The van der Waals surface area contributed by atoms with Crippen LogP contribution in [0.25, 0.3) is 0 Å². The summed E-state index contributed by atoms with van der Waals surface area (Å²) < 4.78 is 29.1. The van der Waals surface area contributed by atoms with Gasteiger partial charge in [0.05, 0.1) is 11.2 Å². The average molecular weight is 462 g/mol. The van der Waals surface area contributed by atoms with Crippen LogP contribution in [0.5, 0.6) is 0 Å². The predicted octanol–water partition coefficient (Wildman–Crippen LogP) is 1.88. The van der Waals surface area contributed by atoms with E-state index in [-0.39, 0.29) is 43.1 Å². The summed E-state index contributed by atoms with van der Waals surface area (Å²) in [6, 6.07) is 0. The number of carbonyl (C=O) groups excluding carboxylic acids is 3. The molecule has 1 unspecified atom stereocenters. The number of aldehydes is 1. The lowest BCUT2D eigenvalue weighted by Gasteiger charge is -2.35. The van der Waals surface area contributed by atoms with Crippen LogP contribution in [-0.2, 0) is 38.1 Å². The van der Waals surface area contributed by atoms with Crippen molar-refractivity contribution in [3.63, 3.8) is 0 Å². The van der Waals surface area contributed by atoms with Crippen LogP contribution in [0.2, 0.25) is 0 Å². The Bertz CT molecular complexity index is 948. The molecule has 33 heavy (non-hydrogen) atoms. The Kier molecular flexibility index (Phi) is 5.79. The number of hydrogen-bond acceptors (Lipinski definition) is 9. The van der Waals surface area contributed by atoms with Gasteiger partial charge in [0, 0.05) is 26.4 Å². The van der Waals surface area contributed by atoms with Crippen LogP contribution in [0.1, 0.15) is 47.0 Å². The number of aliphatic hydroxyl groups is 1. The standard InChI is InChI=1S/C24H30O9/c1-6-29-23-9-15(13(2)3)7-19(30-14(4)26)24-20(33-24)18(31-21(24)27)11-22(5,28)10-17(32-23)8-16(23)12-25/h8,10,12,15,18-20,28H,2,6-7,9,11H2,1,3-5H3/b17-10-/t15-,18+,19-,20+,22+,23?,24+/m0/s1. The summed E-state index contributed by atoms with van der Waals surface area (Å²) in [6.45, 7) is 10.7. The lowest BCUT2D eigenvalue weighted by Crippen LogP contribution is -2.44. The van der Waals surface area contributed by atoms with Gasteiger partial charge in [0.15, 0.2) is 6.29 Å². The van der Waals surface area contributed by atoms with E-state index in [9.17, 15) is 19.5 Å². The highest BCUT2D eigenvalue weighted by atomic mass is 16.7. The monoisotopic (exact) mass is 462 g/mol. The van der Waals surface area contributed by atoms with Gasteiger partial charge in [-0.15, -0.1) is 0 Å². The molecule has 0 aromatic carbocycles. The lowest BCUT2D eigenvalue weighted by molar-refractivity contribution is -0.187. The maximum atomic E-state index is 12.9. The summed E-state index contributed by atoms with van der Waals surface area (Å²) in [5.74, 6) is -2.67. The van der Waals surface area contributed by atoms with Crippen molar-refractivity contribution in [3.8, 4) is 0 Å². The molecule has 4 heterocycles. The minimum absolute atomic E-state index is 0.0284. The van der Waals surface area contributed by atoms with Gasteiger partial charge in [-0.3, -0.25) is 9.59 Å². The molecule has 0 amide bonds. The van der Waals surface area contributed by atoms with E-state index in [2.05, 4.69) is 6.58 Å². The highest BCUT2D eigenvalue weighted by Crippen LogP contribution is 2.54. The Hall–Kier alpha value is -2.49. The second-order valence-electron chi connectivity index (χ2n) is 9.47. The Balaban J connectivity index is 1.82. The number of rotatable bonds is 5. The van der Waals surface area contributed by atoms with Crippen molar-refractivity contribution in [1.29, 1.82) is 0 Å². The highest BCUT2D eigenvalue weighted by molar-refractivity contribution is 5.88.